The zero-order chi connectivity index (χ0) is 20.6. The molecular weight excluding hydrogens is 385 g/mol. The zero-order valence-corrected chi connectivity index (χ0v) is 15.7. The number of fused-ring (bicyclic) bond motifs is 1. The summed E-state index contributed by atoms with van der Waals surface area (Å²) in [5, 5.41) is 0. The number of rotatable bonds is 3. The van der Waals surface area contributed by atoms with Crippen LogP contribution in [0.15, 0.2) is 36.5 Å². The molecule has 1 N–H and O–H groups in total. The van der Waals surface area contributed by atoms with Crippen LogP contribution in [0.25, 0.3) is 11.0 Å². The second-order valence-corrected chi connectivity index (χ2v) is 7.03. The lowest BCUT2D eigenvalue weighted by molar-refractivity contribution is -0.140. The first-order valence-electron chi connectivity index (χ1n) is 9.21. The molecule has 0 bridgehead atoms. The van der Waals surface area contributed by atoms with Crippen LogP contribution in [0.5, 0.6) is 5.88 Å². The minimum absolute atomic E-state index is 0.00226. The van der Waals surface area contributed by atoms with E-state index < -0.39 is 11.9 Å². The molecule has 0 spiro atoms. The smallest absolute Gasteiger partial charge is 0.433 e. The number of carbonyl (C=O) groups excluding carboxylic acids is 1. The van der Waals surface area contributed by atoms with Gasteiger partial charge in [-0.15, -0.1) is 0 Å². The lowest BCUT2D eigenvalue weighted by atomic mass is 9.94. The molecule has 1 aliphatic rings. The van der Waals surface area contributed by atoms with Gasteiger partial charge in [0.25, 0.3) is 5.91 Å². The number of hydrogen-bond acceptors (Lipinski definition) is 4. The van der Waals surface area contributed by atoms with E-state index in [1.807, 2.05) is 0 Å². The van der Waals surface area contributed by atoms with Gasteiger partial charge < -0.3 is 14.6 Å². The van der Waals surface area contributed by atoms with E-state index in [4.69, 9.17) is 4.74 Å². The van der Waals surface area contributed by atoms with Crippen molar-refractivity contribution in [1.82, 2.24) is 19.9 Å². The maximum absolute atomic E-state index is 12.9. The summed E-state index contributed by atoms with van der Waals surface area (Å²) in [7, 11) is 1.51. The minimum atomic E-state index is -4.48. The number of hydrogen-bond donors (Lipinski definition) is 1. The highest BCUT2D eigenvalue weighted by molar-refractivity contribution is 5.94. The fourth-order valence-corrected chi connectivity index (χ4v) is 3.63. The number of aromatic nitrogens is 3. The van der Waals surface area contributed by atoms with Crippen LogP contribution in [0, 0.1) is 0 Å². The molecule has 4 rings (SSSR count). The van der Waals surface area contributed by atoms with Crippen molar-refractivity contribution in [2.75, 3.05) is 20.2 Å². The van der Waals surface area contributed by atoms with E-state index in [2.05, 4.69) is 15.0 Å². The number of amides is 1. The third-order valence-corrected chi connectivity index (χ3v) is 5.13. The summed E-state index contributed by atoms with van der Waals surface area (Å²) in [5.74, 6) is 0.308. The number of nitrogens with zero attached hydrogens (tertiary/aromatic N) is 3. The first kappa shape index (κ1) is 19.2. The zero-order valence-electron chi connectivity index (χ0n) is 15.7. The molecule has 4 heterocycles. The van der Waals surface area contributed by atoms with Gasteiger partial charge in [-0.05, 0) is 37.1 Å². The minimum Gasteiger partial charge on any atom is -0.481 e. The Kier molecular flexibility index (Phi) is 4.89. The topological polar surface area (TPSA) is 71.1 Å². The van der Waals surface area contributed by atoms with Crippen LogP contribution < -0.4 is 4.74 Å². The average Bonchev–Trinajstić information content (AvgIpc) is 3.16. The molecule has 1 fully saturated rings. The molecule has 1 aliphatic heterocycles. The molecule has 0 unspecified atom stereocenters. The molecule has 1 saturated heterocycles. The number of pyridine rings is 2. The molecule has 0 saturated carbocycles. The fourth-order valence-electron chi connectivity index (χ4n) is 3.63. The molecule has 0 aliphatic carbocycles. The summed E-state index contributed by atoms with van der Waals surface area (Å²) in [6.45, 7) is 1.10. The summed E-state index contributed by atoms with van der Waals surface area (Å²) in [4.78, 5) is 25.5. The van der Waals surface area contributed by atoms with Crippen molar-refractivity contribution in [3.8, 4) is 5.88 Å². The number of piperidine rings is 1. The largest absolute Gasteiger partial charge is 0.481 e. The number of aromatic amines is 1. The third-order valence-electron chi connectivity index (χ3n) is 5.13. The number of alkyl halides is 3. The molecular formula is C20H19F3N4O2. The van der Waals surface area contributed by atoms with Crippen LogP contribution in [0.3, 0.4) is 0 Å². The second-order valence-electron chi connectivity index (χ2n) is 7.03. The number of ether oxygens (including phenoxy) is 1. The molecule has 152 valence electrons. The van der Waals surface area contributed by atoms with E-state index in [0.29, 0.717) is 30.0 Å². The van der Waals surface area contributed by atoms with Crippen molar-refractivity contribution in [3.63, 3.8) is 0 Å². The van der Waals surface area contributed by atoms with Crippen LogP contribution in [0.1, 0.15) is 40.5 Å². The number of carbonyl (C=O) groups is 1. The highest BCUT2D eigenvalue weighted by Crippen LogP contribution is 2.32. The highest BCUT2D eigenvalue weighted by Gasteiger charge is 2.33. The predicted molar refractivity (Wildman–Crippen MR) is 99.8 cm³/mol. The maximum Gasteiger partial charge on any atom is 0.433 e. The van der Waals surface area contributed by atoms with Gasteiger partial charge in [0.2, 0.25) is 5.88 Å². The molecule has 9 heteroatoms. The maximum atomic E-state index is 12.9. The monoisotopic (exact) mass is 404 g/mol. The fraction of sp³-hybridized carbons (Fsp3) is 0.350. The number of nitrogens with one attached hydrogen (secondary N) is 1. The molecule has 6 nitrogen and oxygen atoms in total. The van der Waals surface area contributed by atoms with Gasteiger partial charge in [-0.2, -0.15) is 13.2 Å². The van der Waals surface area contributed by atoms with Crippen LogP contribution in [-0.2, 0) is 6.18 Å². The van der Waals surface area contributed by atoms with Gasteiger partial charge >= 0.3 is 6.18 Å². The Hall–Kier alpha value is -3.10. The summed E-state index contributed by atoms with van der Waals surface area (Å²) in [6, 6.07) is 7.32. The van der Waals surface area contributed by atoms with Crippen molar-refractivity contribution in [2.45, 2.75) is 24.9 Å². The van der Waals surface area contributed by atoms with Crippen LogP contribution in [0.2, 0.25) is 0 Å². The van der Waals surface area contributed by atoms with E-state index >= 15 is 0 Å². The van der Waals surface area contributed by atoms with Gasteiger partial charge in [-0.1, -0.05) is 0 Å². The van der Waals surface area contributed by atoms with Crippen molar-refractivity contribution in [1.29, 1.82) is 0 Å². The summed E-state index contributed by atoms with van der Waals surface area (Å²) >= 11 is 0. The van der Waals surface area contributed by atoms with Crippen LogP contribution >= 0.6 is 0 Å². The molecule has 0 aromatic carbocycles. The third kappa shape index (κ3) is 3.90. The molecule has 0 radical (unpaired) electrons. The second kappa shape index (κ2) is 7.38. The molecule has 3 aromatic heterocycles. The van der Waals surface area contributed by atoms with E-state index in [-0.39, 0.29) is 17.3 Å². The molecule has 1 atom stereocenters. The predicted octanol–water partition coefficient (Wildman–Crippen LogP) is 4.01. The van der Waals surface area contributed by atoms with Gasteiger partial charge in [0.1, 0.15) is 5.69 Å². The number of H-pyrrole nitrogens is 1. The number of methoxy groups -OCH3 is 1. The Bertz CT molecular complexity index is 1030. The lowest BCUT2D eigenvalue weighted by Crippen LogP contribution is -2.39. The first-order valence-corrected chi connectivity index (χ1v) is 9.21. The summed E-state index contributed by atoms with van der Waals surface area (Å²) in [6.07, 6.45) is -1.36. The van der Waals surface area contributed by atoms with Crippen molar-refractivity contribution in [2.24, 2.45) is 0 Å². The summed E-state index contributed by atoms with van der Waals surface area (Å²) in [5.41, 5.74) is 1.17. The Labute approximate surface area is 164 Å². The van der Waals surface area contributed by atoms with Crippen LogP contribution in [0.4, 0.5) is 13.2 Å². The van der Waals surface area contributed by atoms with E-state index in [1.54, 1.807) is 23.1 Å². The Balaban J connectivity index is 1.53. The van der Waals surface area contributed by atoms with E-state index in [1.165, 1.54) is 19.4 Å². The van der Waals surface area contributed by atoms with Crippen LogP contribution in [-0.4, -0.2) is 46.0 Å². The van der Waals surface area contributed by atoms with Crippen molar-refractivity contribution in [3.05, 3.63) is 53.5 Å². The Morgan fingerprint density at radius 3 is 2.79 bits per heavy atom. The lowest BCUT2D eigenvalue weighted by Gasteiger charge is -2.32. The van der Waals surface area contributed by atoms with E-state index in [9.17, 15) is 18.0 Å². The molecule has 3 aromatic rings. The van der Waals surface area contributed by atoms with Crippen molar-refractivity contribution < 1.29 is 22.7 Å². The Morgan fingerprint density at radius 1 is 1.28 bits per heavy atom. The van der Waals surface area contributed by atoms with Gasteiger partial charge in [-0.3, -0.25) is 4.79 Å². The van der Waals surface area contributed by atoms with Gasteiger partial charge in [0.05, 0.1) is 23.7 Å². The summed E-state index contributed by atoms with van der Waals surface area (Å²) < 4.78 is 43.7. The number of likely N-dealkylation sites (tertiary alicyclic amines) is 1. The molecule has 1 amide bonds. The van der Waals surface area contributed by atoms with Crippen molar-refractivity contribution >= 4 is 16.9 Å². The Morgan fingerprint density at radius 2 is 2.10 bits per heavy atom. The highest BCUT2D eigenvalue weighted by atomic mass is 19.4. The quantitative estimate of drug-likeness (QED) is 0.716. The normalized spacial score (nSPS) is 17.5. The standard InChI is InChI=1S/C20H19F3N4O2/c1-29-18-7-4-12(10-24-18)19(28)27-8-2-3-13(11-27)15-9-16-14(25-15)5-6-17(26-16)20(21,22)23/h4-7,9-10,13,25H,2-3,8,11H2,1H3/t13-/m1/s1. The first-order chi connectivity index (χ1) is 13.8. The number of halogens is 3. The molecule has 29 heavy (non-hydrogen) atoms. The SMILES string of the molecule is COc1ccc(C(=O)N2CCC[C@@H](c3cc4nc(C(F)(F)F)ccc4[nH]3)C2)cn1. The van der Waals surface area contributed by atoms with Gasteiger partial charge in [0.15, 0.2) is 0 Å². The average molecular weight is 404 g/mol. The van der Waals surface area contributed by atoms with E-state index in [0.717, 1.165) is 24.6 Å². The van der Waals surface area contributed by atoms with Gasteiger partial charge in [0, 0.05) is 37.0 Å². The van der Waals surface area contributed by atoms with Gasteiger partial charge in [-0.25, -0.2) is 9.97 Å².